The minimum atomic E-state index is -0.498. The van der Waals surface area contributed by atoms with Gasteiger partial charge in [-0.05, 0) is 42.0 Å². The number of carbonyl (C=O) groups excluding carboxylic acids is 2. The SMILES string of the molecule is COc1ccc(OCC(=O)NNC(=O)c2ccccc2OCc2ccccc2)cc1. The third kappa shape index (κ3) is 6.00. The van der Waals surface area contributed by atoms with Crippen molar-refractivity contribution in [2.75, 3.05) is 13.7 Å². The van der Waals surface area contributed by atoms with Crippen LogP contribution in [0.25, 0.3) is 0 Å². The Morgan fingerprint density at radius 3 is 2.17 bits per heavy atom. The number of nitrogens with one attached hydrogen (secondary N) is 2. The van der Waals surface area contributed by atoms with Crippen molar-refractivity contribution < 1.29 is 23.8 Å². The third-order valence-corrected chi connectivity index (χ3v) is 4.11. The first-order valence-electron chi connectivity index (χ1n) is 9.27. The van der Waals surface area contributed by atoms with E-state index in [9.17, 15) is 9.59 Å². The molecule has 0 aromatic heterocycles. The van der Waals surface area contributed by atoms with Crippen LogP contribution < -0.4 is 25.1 Å². The summed E-state index contributed by atoms with van der Waals surface area (Å²) in [7, 11) is 1.57. The highest BCUT2D eigenvalue weighted by molar-refractivity contribution is 5.97. The number of amides is 2. The van der Waals surface area contributed by atoms with Crippen molar-refractivity contribution in [1.82, 2.24) is 10.9 Å². The Morgan fingerprint density at radius 2 is 1.43 bits per heavy atom. The van der Waals surface area contributed by atoms with Crippen LogP contribution in [0.1, 0.15) is 15.9 Å². The molecule has 0 aliphatic carbocycles. The second kappa shape index (κ2) is 10.5. The van der Waals surface area contributed by atoms with E-state index >= 15 is 0 Å². The number of benzene rings is 3. The van der Waals surface area contributed by atoms with E-state index < -0.39 is 11.8 Å². The number of para-hydroxylation sites is 1. The van der Waals surface area contributed by atoms with Gasteiger partial charge in [0.15, 0.2) is 6.61 Å². The number of hydrazine groups is 1. The highest BCUT2D eigenvalue weighted by Crippen LogP contribution is 2.19. The van der Waals surface area contributed by atoms with E-state index in [-0.39, 0.29) is 6.61 Å². The van der Waals surface area contributed by atoms with Crippen LogP contribution in [-0.4, -0.2) is 25.5 Å². The molecule has 30 heavy (non-hydrogen) atoms. The van der Waals surface area contributed by atoms with Gasteiger partial charge < -0.3 is 14.2 Å². The van der Waals surface area contributed by atoms with Gasteiger partial charge in [0.2, 0.25) is 0 Å². The van der Waals surface area contributed by atoms with Gasteiger partial charge in [-0.3, -0.25) is 20.4 Å². The number of carbonyl (C=O) groups is 2. The van der Waals surface area contributed by atoms with E-state index in [1.54, 1.807) is 55.6 Å². The van der Waals surface area contributed by atoms with Crippen molar-refractivity contribution in [2.24, 2.45) is 0 Å². The van der Waals surface area contributed by atoms with Crippen LogP contribution in [-0.2, 0) is 11.4 Å². The number of hydrogen-bond acceptors (Lipinski definition) is 5. The Kier molecular flexibility index (Phi) is 7.27. The summed E-state index contributed by atoms with van der Waals surface area (Å²) in [6.07, 6.45) is 0. The van der Waals surface area contributed by atoms with E-state index in [4.69, 9.17) is 14.2 Å². The van der Waals surface area contributed by atoms with Gasteiger partial charge in [-0.15, -0.1) is 0 Å². The Balaban J connectivity index is 1.49. The molecule has 2 amide bonds. The highest BCUT2D eigenvalue weighted by atomic mass is 16.5. The van der Waals surface area contributed by atoms with Crippen LogP contribution in [0.15, 0.2) is 78.9 Å². The molecule has 0 aliphatic heterocycles. The molecule has 3 rings (SSSR count). The van der Waals surface area contributed by atoms with Crippen molar-refractivity contribution in [3.05, 3.63) is 90.0 Å². The van der Waals surface area contributed by atoms with Gasteiger partial charge in [0.25, 0.3) is 11.8 Å². The van der Waals surface area contributed by atoms with E-state index in [1.807, 2.05) is 30.3 Å². The Morgan fingerprint density at radius 1 is 0.767 bits per heavy atom. The molecule has 0 atom stereocenters. The molecule has 0 bridgehead atoms. The minimum Gasteiger partial charge on any atom is -0.497 e. The summed E-state index contributed by atoms with van der Waals surface area (Å²) in [5, 5.41) is 0. The minimum absolute atomic E-state index is 0.251. The highest BCUT2D eigenvalue weighted by Gasteiger charge is 2.13. The molecule has 7 nitrogen and oxygen atoms in total. The number of ether oxygens (including phenoxy) is 3. The zero-order chi connectivity index (χ0) is 21.2. The summed E-state index contributed by atoms with van der Waals surface area (Å²) in [5.41, 5.74) is 6.00. The van der Waals surface area contributed by atoms with E-state index in [2.05, 4.69) is 10.9 Å². The molecular formula is C23H22N2O5. The van der Waals surface area contributed by atoms with Crippen LogP contribution in [0, 0.1) is 0 Å². The molecule has 0 saturated heterocycles. The Labute approximate surface area is 174 Å². The first-order chi connectivity index (χ1) is 14.7. The average Bonchev–Trinajstić information content (AvgIpc) is 2.81. The van der Waals surface area contributed by atoms with Crippen molar-refractivity contribution in [2.45, 2.75) is 6.61 Å². The summed E-state index contributed by atoms with van der Waals surface area (Å²) >= 11 is 0. The third-order valence-electron chi connectivity index (χ3n) is 4.11. The van der Waals surface area contributed by atoms with Gasteiger partial charge in [-0.25, -0.2) is 0 Å². The van der Waals surface area contributed by atoms with E-state index in [0.29, 0.717) is 29.4 Å². The molecule has 0 aliphatic rings. The summed E-state index contributed by atoms with van der Waals surface area (Å²) in [6.45, 7) is 0.0754. The molecule has 3 aromatic rings. The van der Waals surface area contributed by atoms with Gasteiger partial charge in [-0.1, -0.05) is 42.5 Å². The summed E-state index contributed by atoms with van der Waals surface area (Å²) in [5.74, 6) is 0.630. The molecule has 0 radical (unpaired) electrons. The topological polar surface area (TPSA) is 85.9 Å². The van der Waals surface area contributed by atoms with Crippen LogP contribution in [0.5, 0.6) is 17.2 Å². The molecule has 2 N–H and O–H groups in total. The molecular weight excluding hydrogens is 384 g/mol. The molecule has 0 spiro atoms. The Bertz CT molecular complexity index is 974. The second-order valence-corrected chi connectivity index (χ2v) is 6.24. The summed E-state index contributed by atoms with van der Waals surface area (Å²) in [6, 6.07) is 23.3. The van der Waals surface area contributed by atoms with Crippen molar-refractivity contribution >= 4 is 11.8 Å². The smallest absolute Gasteiger partial charge is 0.276 e. The fourth-order valence-corrected chi connectivity index (χ4v) is 2.57. The fraction of sp³-hybridized carbons (Fsp3) is 0.130. The van der Waals surface area contributed by atoms with Crippen LogP contribution >= 0.6 is 0 Å². The monoisotopic (exact) mass is 406 g/mol. The number of hydrogen-bond donors (Lipinski definition) is 2. The first kappa shape index (κ1) is 20.7. The molecule has 0 saturated carbocycles. The lowest BCUT2D eigenvalue weighted by Crippen LogP contribution is -2.43. The molecule has 154 valence electrons. The Hall–Kier alpha value is -4.00. The zero-order valence-corrected chi connectivity index (χ0v) is 16.5. The van der Waals surface area contributed by atoms with Gasteiger partial charge >= 0.3 is 0 Å². The maximum absolute atomic E-state index is 12.5. The van der Waals surface area contributed by atoms with Gasteiger partial charge in [0, 0.05) is 0 Å². The molecule has 7 heteroatoms. The molecule has 0 unspecified atom stereocenters. The summed E-state index contributed by atoms with van der Waals surface area (Å²) in [4.78, 5) is 24.4. The predicted octanol–water partition coefficient (Wildman–Crippen LogP) is 3.11. The van der Waals surface area contributed by atoms with Crippen LogP contribution in [0.4, 0.5) is 0 Å². The normalized spacial score (nSPS) is 10.0. The largest absolute Gasteiger partial charge is 0.497 e. The lowest BCUT2D eigenvalue weighted by molar-refractivity contribution is -0.123. The van der Waals surface area contributed by atoms with Crippen molar-refractivity contribution in [3.63, 3.8) is 0 Å². The first-order valence-corrected chi connectivity index (χ1v) is 9.27. The van der Waals surface area contributed by atoms with Crippen LogP contribution in [0.2, 0.25) is 0 Å². The quantitative estimate of drug-likeness (QED) is 0.562. The van der Waals surface area contributed by atoms with Gasteiger partial charge in [0.1, 0.15) is 23.9 Å². The molecule has 3 aromatic carbocycles. The molecule has 0 heterocycles. The summed E-state index contributed by atoms with van der Waals surface area (Å²) < 4.78 is 16.2. The zero-order valence-electron chi connectivity index (χ0n) is 16.5. The maximum Gasteiger partial charge on any atom is 0.276 e. The van der Waals surface area contributed by atoms with Crippen molar-refractivity contribution in [3.8, 4) is 17.2 Å². The van der Waals surface area contributed by atoms with Gasteiger partial charge in [-0.2, -0.15) is 0 Å². The van der Waals surface area contributed by atoms with Gasteiger partial charge in [0.05, 0.1) is 12.7 Å². The number of rotatable bonds is 8. The van der Waals surface area contributed by atoms with E-state index in [1.165, 1.54) is 0 Å². The fourth-order valence-electron chi connectivity index (χ4n) is 2.57. The molecule has 0 fully saturated rings. The lowest BCUT2D eigenvalue weighted by Gasteiger charge is -2.12. The number of methoxy groups -OCH3 is 1. The predicted molar refractivity (Wildman–Crippen MR) is 111 cm³/mol. The lowest BCUT2D eigenvalue weighted by atomic mass is 10.2. The maximum atomic E-state index is 12.5. The second-order valence-electron chi connectivity index (χ2n) is 6.24. The van der Waals surface area contributed by atoms with E-state index in [0.717, 1.165) is 5.56 Å². The van der Waals surface area contributed by atoms with Crippen molar-refractivity contribution in [1.29, 1.82) is 0 Å². The van der Waals surface area contributed by atoms with Crippen LogP contribution in [0.3, 0.4) is 0 Å². The standard InChI is InChI=1S/C23H22N2O5/c1-28-18-11-13-19(14-12-18)29-16-22(26)24-25-23(27)20-9-5-6-10-21(20)30-15-17-7-3-2-4-8-17/h2-14H,15-16H2,1H3,(H,24,26)(H,25,27). The average molecular weight is 406 g/mol.